The summed E-state index contributed by atoms with van der Waals surface area (Å²) in [7, 11) is 0. The first-order chi connectivity index (χ1) is 7.15. The zero-order valence-corrected chi connectivity index (χ0v) is 8.34. The Morgan fingerprint density at radius 3 is 2.47 bits per heavy atom. The van der Waals surface area contributed by atoms with E-state index < -0.39 is 11.6 Å². The standard InChI is InChI=1S/C12H13F2N/c1-2-3-5-9(15)8-10-11(13)6-4-7-12(10)14/h1,4,6-7,9H,3,5,8,15H2. The molecule has 80 valence electrons. The fourth-order valence-corrected chi connectivity index (χ4v) is 1.36. The van der Waals surface area contributed by atoms with Gasteiger partial charge in [-0.25, -0.2) is 8.78 Å². The molecule has 0 amide bonds. The van der Waals surface area contributed by atoms with E-state index in [1.807, 2.05) is 0 Å². The molecular formula is C12H13F2N. The van der Waals surface area contributed by atoms with E-state index in [0.29, 0.717) is 12.8 Å². The molecule has 1 aromatic rings. The zero-order chi connectivity index (χ0) is 11.3. The molecular weight excluding hydrogens is 196 g/mol. The third-order valence-corrected chi connectivity index (χ3v) is 2.19. The molecule has 0 heterocycles. The van der Waals surface area contributed by atoms with Crippen LogP contribution in [-0.4, -0.2) is 6.04 Å². The molecule has 0 aliphatic heterocycles. The van der Waals surface area contributed by atoms with Crippen LogP contribution in [0.1, 0.15) is 18.4 Å². The van der Waals surface area contributed by atoms with Crippen LogP contribution >= 0.6 is 0 Å². The molecule has 1 aromatic carbocycles. The summed E-state index contributed by atoms with van der Waals surface area (Å²) >= 11 is 0. The maximum Gasteiger partial charge on any atom is 0.129 e. The molecule has 1 unspecified atom stereocenters. The number of rotatable bonds is 4. The third-order valence-electron chi connectivity index (χ3n) is 2.19. The average Bonchev–Trinajstić information content (AvgIpc) is 2.21. The number of halogens is 2. The van der Waals surface area contributed by atoms with Crippen LogP contribution in [0.25, 0.3) is 0 Å². The van der Waals surface area contributed by atoms with Crippen LogP contribution in [0.15, 0.2) is 18.2 Å². The van der Waals surface area contributed by atoms with Crippen LogP contribution in [0.4, 0.5) is 8.78 Å². The summed E-state index contributed by atoms with van der Waals surface area (Å²) in [4.78, 5) is 0. The van der Waals surface area contributed by atoms with Crippen LogP contribution in [0, 0.1) is 24.0 Å². The van der Waals surface area contributed by atoms with Crippen molar-refractivity contribution in [3.05, 3.63) is 35.4 Å². The van der Waals surface area contributed by atoms with Gasteiger partial charge in [0.2, 0.25) is 0 Å². The van der Waals surface area contributed by atoms with Gasteiger partial charge in [-0.1, -0.05) is 6.07 Å². The minimum Gasteiger partial charge on any atom is -0.327 e. The van der Waals surface area contributed by atoms with E-state index in [1.54, 1.807) is 0 Å². The van der Waals surface area contributed by atoms with Crippen molar-refractivity contribution in [2.75, 3.05) is 0 Å². The predicted molar refractivity (Wildman–Crippen MR) is 56.1 cm³/mol. The van der Waals surface area contributed by atoms with Gasteiger partial charge in [-0.3, -0.25) is 0 Å². The Hall–Kier alpha value is -1.40. The van der Waals surface area contributed by atoms with Crippen molar-refractivity contribution in [1.82, 2.24) is 0 Å². The molecule has 0 aromatic heterocycles. The molecule has 0 saturated carbocycles. The van der Waals surface area contributed by atoms with Crippen molar-refractivity contribution in [2.45, 2.75) is 25.3 Å². The minimum absolute atomic E-state index is 0.0435. The molecule has 0 spiro atoms. The van der Waals surface area contributed by atoms with E-state index in [1.165, 1.54) is 18.2 Å². The Bertz CT molecular complexity index is 348. The highest BCUT2D eigenvalue weighted by Gasteiger charge is 2.12. The third kappa shape index (κ3) is 3.34. The molecule has 0 radical (unpaired) electrons. The summed E-state index contributed by atoms with van der Waals surface area (Å²) in [5.74, 6) is 1.35. The fraction of sp³-hybridized carbons (Fsp3) is 0.333. The van der Waals surface area contributed by atoms with Crippen molar-refractivity contribution < 1.29 is 8.78 Å². The topological polar surface area (TPSA) is 26.0 Å². The first-order valence-electron chi connectivity index (χ1n) is 4.77. The van der Waals surface area contributed by atoms with E-state index in [4.69, 9.17) is 12.2 Å². The highest BCUT2D eigenvalue weighted by atomic mass is 19.1. The first-order valence-corrected chi connectivity index (χ1v) is 4.77. The van der Waals surface area contributed by atoms with Crippen molar-refractivity contribution in [2.24, 2.45) is 5.73 Å². The maximum atomic E-state index is 13.2. The van der Waals surface area contributed by atoms with E-state index in [2.05, 4.69) is 5.92 Å². The summed E-state index contributed by atoms with van der Waals surface area (Å²) < 4.78 is 26.4. The van der Waals surface area contributed by atoms with Crippen molar-refractivity contribution in [3.63, 3.8) is 0 Å². The van der Waals surface area contributed by atoms with Gasteiger partial charge in [-0.2, -0.15) is 0 Å². The molecule has 1 rings (SSSR count). The molecule has 0 saturated heterocycles. The highest BCUT2D eigenvalue weighted by Crippen LogP contribution is 2.14. The lowest BCUT2D eigenvalue weighted by Gasteiger charge is -2.11. The highest BCUT2D eigenvalue weighted by molar-refractivity contribution is 5.20. The average molecular weight is 209 g/mol. The first kappa shape index (κ1) is 11.7. The SMILES string of the molecule is C#CCCC(N)Cc1c(F)cccc1F. The lowest BCUT2D eigenvalue weighted by Crippen LogP contribution is -2.23. The minimum atomic E-state index is -0.550. The van der Waals surface area contributed by atoms with Gasteiger partial charge in [0.25, 0.3) is 0 Å². The van der Waals surface area contributed by atoms with Crippen LogP contribution in [0.2, 0.25) is 0 Å². The van der Waals surface area contributed by atoms with Gasteiger partial charge in [0.1, 0.15) is 11.6 Å². The normalized spacial score (nSPS) is 12.1. The summed E-state index contributed by atoms with van der Waals surface area (Å²) in [6.45, 7) is 0. The maximum absolute atomic E-state index is 13.2. The Kier molecular flexibility index (Phi) is 4.26. The van der Waals surface area contributed by atoms with Gasteiger partial charge < -0.3 is 5.73 Å². The quantitative estimate of drug-likeness (QED) is 0.756. The Morgan fingerprint density at radius 1 is 1.33 bits per heavy atom. The smallest absolute Gasteiger partial charge is 0.129 e. The molecule has 3 heteroatoms. The fourth-order valence-electron chi connectivity index (χ4n) is 1.36. The molecule has 1 nitrogen and oxygen atoms in total. The number of hydrogen-bond acceptors (Lipinski definition) is 1. The van der Waals surface area contributed by atoms with Crippen LogP contribution in [0.5, 0.6) is 0 Å². The largest absolute Gasteiger partial charge is 0.327 e. The Morgan fingerprint density at radius 2 is 1.93 bits per heavy atom. The van der Waals surface area contributed by atoms with E-state index >= 15 is 0 Å². The second-order valence-corrected chi connectivity index (χ2v) is 3.41. The van der Waals surface area contributed by atoms with Crippen molar-refractivity contribution in [3.8, 4) is 12.3 Å². The monoisotopic (exact) mass is 209 g/mol. The van der Waals surface area contributed by atoms with Gasteiger partial charge in [0.05, 0.1) is 0 Å². The van der Waals surface area contributed by atoms with Gasteiger partial charge in [0.15, 0.2) is 0 Å². The number of nitrogens with two attached hydrogens (primary N) is 1. The Labute approximate surface area is 88.3 Å². The lowest BCUT2D eigenvalue weighted by atomic mass is 10.0. The Balaban J connectivity index is 2.68. The number of benzene rings is 1. The molecule has 1 atom stereocenters. The molecule has 2 N–H and O–H groups in total. The molecule has 0 aliphatic carbocycles. The molecule has 0 fully saturated rings. The molecule has 0 bridgehead atoms. The van der Waals surface area contributed by atoms with Gasteiger partial charge in [-0.05, 0) is 25.0 Å². The summed E-state index contributed by atoms with van der Waals surface area (Å²) in [6, 6.07) is 3.49. The van der Waals surface area contributed by atoms with E-state index in [0.717, 1.165) is 0 Å². The van der Waals surface area contributed by atoms with E-state index in [9.17, 15) is 8.78 Å². The lowest BCUT2D eigenvalue weighted by molar-refractivity contribution is 0.526. The zero-order valence-electron chi connectivity index (χ0n) is 8.34. The predicted octanol–water partition coefficient (Wildman–Crippen LogP) is 2.25. The van der Waals surface area contributed by atoms with Gasteiger partial charge >= 0.3 is 0 Å². The van der Waals surface area contributed by atoms with Crippen LogP contribution in [0.3, 0.4) is 0 Å². The van der Waals surface area contributed by atoms with Crippen LogP contribution in [-0.2, 0) is 6.42 Å². The van der Waals surface area contributed by atoms with Crippen LogP contribution < -0.4 is 5.73 Å². The molecule has 0 aliphatic rings. The summed E-state index contributed by atoms with van der Waals surface area (Å²) in [5, 5.41) is 0. The van der Waals surface area contributed by atoms with Crippen molar-refractivity contribution in [1.29, 1.82) is 0 Å². The number of hydrogen-bond donors (Lipinski definition) is 1. The molecule has 15 heavy (non-hydrogen) atoms. The summed E-state index contributed by atoms with van der Waals surface area (Å²) in [6.07, 6.45) is 6.36. The van der Waals surface area contributed by atoms with Gasteiger partial charge in [-0.15, -0.1) is 12.3 Å². The number of terminal acetylenes is 1. The second-order valence-electron chi connectivity index (χ2n) is 3.41. The second kappa shape index (κ2) is 5.47. The van der Waals surface area contributed by atoms with Crippen molar-refractivity contribution >= 4 is 0 Å². The summed E-state index contributed by atoms with van der Waals surface area (Å²) in [5.41, 5.74) is 5.74. The van der Waals surface area contributed by atoms with E-state index in [-0.39, 0.29) is 18.0 Å². The van der Waals surface area contributed by atoms with Gasteiger partial charge in [0, 0.05) is 18.0 Å².